The molecule has 5 nitrogen and oxygen atoms in total. The van der Waals surface area contributed by atoms with Crippen LogP contribution in [0, 0.1) is 5.92 Å². The summed E-state index contributed by atoms with van der Waals surface area (Å²) in [7, 11) is 1.63. The van der Waals surface area contributed by atoms with Gasteiger partial charge < -0.3 is 15.0 Å². The Labute approximate surface area is 95.8 Å². The first kappa shape index (κ1) is 11.0. The summed E-state index contributed by atoms with van der Waals surface area (Å²) in [6.07, 6.45) is 1.55. The van der Waals surface area contributed by atoms with E-state index in [1.165, 1.54) is 0 Å². The average molecular weight is 222 g/mol. The van der Waals surface area contributed by atoms with Crippen LogP contribution in [0.15, 0.2) is 6.33 Å². The second-order valence-electron chi connectivity index (χ2n) is 4.11. The molecule has 0 aliphatic carbocycles. The van der Waals surface area contributed by atoms with Crippen molar-refractivity contribution in [2.45, 2.75) is 13.8 Å². The van der Waals surface area contributed by atoms with Crippen LogP contribution in [0.4, 0.5) is 11.5 Å². The van der Waals surface area contributed by atoms with Crippen molar-refractivity contribution >= 4 is 11.5 Å². The molecule has 1 unspecified atom stereocenters. The molecule has 0 radical (unpaired) electrons. The maximum atomic E-state index is 5.26. The minimum Gasteiger partial charge on any atom is -0.479 e. The van der Waals surface area contributed by atoms with Crippen LogP contribution in [0.25, 0.3) is 0 Å². The third-order valence-electron chi connectivity index (χ3n) is 2.83. The lowest BCUT2D eigenvalue weighted by atomic mass is 10.2. The fourth-order valence-corrected chi connectivity index (χ4v) is 1.99. The number of nitrogens with zero attached hydrogens (tertiary/aromatic N) is 3. The van der Waals surface area contributed by atoms with E-state index in [1.807, 2.05) is 0 Å². The number of fused-ring (bicyclic) bond motifs is 1. The molecule has 16 heavy (non-hydrogen) atoms. The highest BCUT2D eigenvalue weighted by molar-refractivity contribution is 5.71. The van der Waals surface area contributed by atoms with Gasteiger partial charge in [0.05, 0.1) is 7.11 Å². The smallest absolute Gasteiger partial charge is 0.242 e. The molecule has 1 N–H and O–H groups in total. The van der Waals surface area contributed by atoms with E-state index in [0.717, 1.165) is 31.1 Å². The molecule has 0 bridgehead atoms. The van der Waals surface area contributed by atoms with Crippen molar-refractivity contribution in [2.24, 2.45) is 5.92 Å². The van der Waals surface area contributed by atoms with Crippen LogP contribution < -0.4 is 15.0 Å². The van der Waals surface area contributed by atoms with E-state index in [4.69, 9.17) is 4.74 Å². The predicted molar refractivity (Wildman–Crippen MR) is 64.1 cm³/mol. The molecule has 1 aromatic heterocycles. The molecule has 5 heteroatoms. The SMILES string of the molecule is CCN1CC(C)CNc2c(OC)ncnc21. The van der Waals surface area contributed by atoms with E-state index in [0.29, 0.717) is 11.8 Å². The normalized spacial score (nSPS) is 19.7. The van der Waals surface area contributed by atoms with Crippen LogP contribution in [0.3, 0.4) is 0 Å². The van der Waals surface area contributed by atoms with Gasteiger partial charge in [0.25, 0.3) is 0 Å². The molecular weight excluding hydrogens is 204 g/mol. The first-order valence-corrected chi connectivity index (χ1v) is 5.64. The fourth-order valence-electron chi connectivity index (χ4n) is 1.99. The minimum atomic E-state index is 0.582. The van der Waals surface area contributed by atoms with Gasteiger partial charge in [0, 0.05) is 19.6 Å². The Kier molecular flexibility index (Phi) is 3.12. The molecule has 0 fully saturated rings. The highest BCUT2D eigenvalue weighted by atomic mass is 16.5. The molecule has 0 amide bonds. The van der Waals surface area contributed by atoms with Crippen LogP contribution in [0.5, 0.6) is 5.88 Å². The highest BCUT2D eigenvalue weighted by Crippen LogP contribution is 2.33. The number of anilines is 2. The van der Waals surface area contributed by atoms with Crippen molar-refractivity contribution in [3.8, 4) is 5.88 Å². The van der Waals surface area contributed by atoms with Crippen molar-refractivity contribution < 1.29 is 4.74 Å². The lowest BCUT2D eigenvalue weighted by molar-refractivity contribution is 0.399. The number of methoxy groups -OCH3 is 1. The molecule has 2 heterocycles. The number of nitrogens with one attached hydrogen (secondary N) is 1. The zero-order valence-corrected chi connectivity index (χ0v) is 10.0. The van der Waals surface area contributed by atoms with Gasteiger partial charge in [-0.25, -0.2) is 4.98 Å². The van der Waals surface area contributed by atoms with Gasteiger partial charge in [-0.2, -0.15) is 4.98 Å². The van der Waals surface area contributed by atoms with Crippen molar-refractivity contribution in [3.63, 3.8) is 0 Å². The topological polar surface area (TPSA) is 50.3 Å². The Bertz CT molecular complexity index is 369. The van der Waals surface area contributed by atoms with Gasteiger partial charge in [0.15, 0.2) is 5.82 Å². The van der Waals surface area contributed by atoms with Gasteiger partial charge in [-0.05, 0) is 12.8 Å². The molecule has 88 valence electrons. The summed E-state index contributed by atoms with van der Waals surface area (Å²) in [5.41, 5.74) is 0.913. The zero-order valence-electron chi connectivity index (χ0n) is 10.0. The summed E-state index contributed by atoms with van der Waals surface area (Å²) in [6, 6.07) is 0. The maximum absolute atomic E-state index is 5.26. The fraction of sp³-hybridized carbons (Fsp3) is 0.636. The maximum Gasteiger partial charge on any atom is 0.242 e. The van der Waals surface area contributed by atoms with Crippen molar-refractivity contribution in [3.05, 3.63) is 6.33 Å². The number of hydrogen-bond acceptors (Lipinski definition) is 5. The quantitative estimate of drug-likeness (QED) is 0.819. The summed E-state index contributed by atoms with van der Waals surface area (Å²) in [5.74, 6) is 2.15. The molecular formula is C11H18N4O. The van der Waals surface area contributed by atoms with E-state index in [-0.39, 0.29) is 0 Å². The van der Waals surface area contributed by atoms with E-state index in [9.17, 15) is 0 Å². The van der Waals surface area contributed by atoms with Crippen molar-refractivity contribution in [1.29, 1.82) is 0 Å². The van der Waals surface area contributed by atoms with Gasteiger partial charge in [-0.1, -0.05) is 6.92 Å². The third-order valence-corrected chi connectivity index (χ3v) is 2.83. The van der Waals surface area contributed by atoms with Crippen molar-refractivity contribution in [2.75, 3.05) is 37.0 Å². The standard InChI is InChI=1S/C11H18N4O/c1-4-15-6-8(2)5-12-9-10(15)13-7-14-11(9)16-3/h7-8,12H,4-6H2,1-3H3. The second-order valence-corrected chi connectivity index (χ2v) is 4.11. The Morgan fingerprint density at radius 3 is 3.06 bits per heavy atom. The lowest BCUT2D eigenvalue weighted by Gasteiger charge is -2.22. The zero-order chi connectivity index (χ0) is 11.5. The summed E-state index contributed by atoms with van der Waals surface area (Å²) in [6.45, 7) is 7.24. The molecule has 1 aliphatic heterocycles. The first-order valence-electron chi connectivity index (χ1n) is 5.64. The second kappa shape index (κ2) is 4.55. The Morgan fingerprint density at radius 2 is 2.38 bits per heavy atom. The van der Waals surface area contributed by atoms with Gasteiger partial charge in [0.2, 0.25) is 5.88 Å². The summed E-state index contributed by atoms with van der Waals surface area (Å²) in [5, 5.41) is 3.37. The molecule has 0 saturated carbocycles. The van der Waals surface area contributed by atoms with Crippen LogP contribution in [-0.4, -0.2) is 36.7 Å². The highest BCUT2D eigenvalue weighted by Gasteiger charge is 2.22. The predicted octanol–water partition coefficient (Wildman–Crippen LogP) is 1.37. The molecule has 0 saturated heterocycles. The Hall–Kier alpha value is -1.52. The van der Waals surface area contributed by atoms with E-state index >= 15 is 0 Å². The molecule has 1 aliphatic rings. The molecule has 0 spiro atoms. The first-order chi connectivity index (χ1) is 7.76. The molecule has 0 aromatic carbocycles. The monoisotopic (exact) mass is 222 g/mol. The van der Waals surface area contributed by atoms with Crippen LogP contribution in [0.1, 0.15) is 13.8 Å². The largest absolute Gasteiger partial charge is 0.479 e. The van der Waals surface area contributed by atoms with Gasteiger partial charge in [0.1, 0.15) is 12.0 Å². The summed E-state index contributed by atoms with van der Waals surface area (Å²) in [4.78, 5) is 10.7. The van der Waals surface area contributed by atoms with Crippen LogP contribution in [0.2, 0.25) is 0 Å². The average Bonchev–Trinajstić information content (AvgIpc) is 2.48. The number of aromatic nitrogens is 2. The van der Waals surface area contributed by atoms with Gasteiger partial charge in [-0.3, -0.25) is 0 Å². The van der Waals surface area contributed by atoms with E-state index in [1.54, 1.807) is 13.4 Å². The minimum absolute atomic E-state index is 0.582. The van der Waals surface area contributed by atoms with E-state index < -0.39 is 0 Å². The summed E-state index contributed by atoms with van der Waals surface area (Å²) < 4.78 is 5.26. The number of hydrogen-bond donors (Lipinski definition) is 1. The third kappa shape index (κ3) is 1.89. The molecule has 2 rings (SSSR count). The van der Waals surface area contributed by atoms with Crippen molar-refractivity contribution in [1.82, 2.24) is 9.97 Å². The van der Waals surface area contributed by atoms with Gasteiger partial charge >= 0.3 is 0 Å². The lowest BCUT2D eigenvalue weighted by Crippen LogP contribution is -2.28. The number of rotatable bonds is 2. The van der Waals surface area contributed by atoms with Gasteiger partial charge in [-0.15, -0.1) is 0 Å². The van der Waals surface area contributed by atoms with Crippen LogP contribution >= 0.6 is 0 Å². The van der Waals surface area contributed by atoms with E-state index in [2.05, 4.69) is 34.0 Å². The Morgan fingerprint density at radius 1 is 1.56 bits per heavy atom. The summed E-state index contributed by atoms with van der Waals surface area (Å²) >= 11 is 0. The number of ether oxygens (including phenoxy) is 1. The molecule has 1 aromatic rings. The van der Waals surface area contributed by atoms with Crippen LogP contribution in [-0.2, 0) is 0 Å². The Balaban J connectivity index is 2.43. The molecule has 1 atom stereocenters.